The number of aryl methyl sites for hydroxylation is 2. The van der Waals surface area contributed by atoms with Crippen molar-refractivity contribution in [3.63, 3.8) is 0 Å². The largest absolute Gasteiger partial charge is 0.455 e. The average Bonchev–Trinajstić information content (AvgIpc) is 3.25. The zero-order valence-corrected chi connectivity index (χ0v) is 17.8. The molecule has 1 fully saturated rings. The van der Waals surface area contributed by atoms with Crippen LogP contribution in [-0.2, 0) is 24.5 Å². The molecule has 0 atom stereocenters. The highest BCUT2D eigenvalue weighted by molar-refractivity contribution is 5.96. The zero-order chi connectivity index (χ0) is 22.4. The fourth-order valence-electron chi connectivity index (χ4n) is 4.05. The number of nitrogens with one attached hydrogen (secondary N) is 2. The number of amides is 2. The van der Waals surface area contributed by atoms with E-state index in [4.69, 9.17) is 4.74 Å². The van der Waals surface area contributed by atoms with E-state index in [0.29, 0.717) is 18.4 Å². The fraction of sp³-hybridized carbons (Fsp3) is 0.375. The molecule has 164 valence electrons. The fourth-order valence-corrected chi connectivity index (χ4v) is 4.05. The Morgan fingerprint density at radius 3 is 2.19 bits per heavy atom. The normalized spacial score (nSPS) is 14.7. The molecule has 7 heteroatoms. The third-order valence-corrected chi connectivity index (χ3v) is 5.77. The minimum absolute atomic E-state index is 0.229. The van der Waals surface area contributed by atoms with E-state index in [2.05, 4.69) is 10.6 Å². The lowest BCUT2D eigenvalue weighted by atomic mass is 9.79. The van der Waals surface area contributed by atoms with Crippen LogP contribution in [0.25, 0.3) is 0 Å². The summed E-state index contributed by atoms with van der Waals surface area (Å²) in [6.07, 6.45) is 2.91. The minimum Gasteiger partial charge on any atom is -0.455 e. The van der Waals surface area contributed by atoms with Gasteiger partial charge in [-0.3, -0.25) is 14.4 Å². The van der Waals surface area contributed by atoms with E-state index in [1.54, 1.807) is 12.1 Å². The summed E-state index contributed by atoms with van der Waals surface area (Å²) in [6.45, 7) is 3.08. The summed E-state index contributed by atoms with van der Waals surface area (Å²) < 4.78 is 18.6. The van der Waals surface area contributed by atoms with E-state index >= 15 is 0 Å². The summed E-state index contributed by atoms with van der Waals surface area (Å²) in [5.41, 5.74) is 2.42. The van der Waals surface area contributed by atoms with E-state index < -0.39 is 23.9 Å². The van der Waals surface area contributed by atoms with Gasteiger partial charge in [-0.2, -0.15) is 0 Å². The van der Waals surface area contributed by atoms with Crippen molar-refractivity contribution in [3.05, 3.63) is 65.0 Å². The number of benzene rings is 2. The van der Waals surface area contributed by atoms with Gasteiger partial charge >= 0.3 is 5.97 Å². The van der Waals surface area contributed by atoms with Gasteiger partial charge in [-0.1, -0.05) is 43.2 Å². The first kappa shape index (κ1) is 22.5. The molecule has 2 aromatic carbocycles. The van der Waals surface area contributed by atoms with Crippen LogP contribution >= 0.6 is 0 Å². The van der Waals surface area contributed by atoms with Gasteiger partial charge in [0.25, 0.3) is 5.91 Å². The molecule has 0 heterocycles. The Kier molecular flexibility index (Phi) is 7.05. The summed E-state index contributed by atoms with van der Waals surface area (Å²) in [6, 6.07) is 11.5. The Morgan fingerprint density at radius 1 is 0.968 bits per heavy atom. The molecular weight excluding hydrogens is 399 g/mol. The lowest BCUT2D eigenvalue weighted by molar-refractivity contribution is -0.154. The Balaban J connectivity index is 1.52. The number of ether oxygens (including phenoxy) is 1. The standard InChI is InChI=1S/C24H27FN2O4/c1-16-6-5-7-17(2)22(16)27-20(28)14-26-21(29)15-31-23(30)24(12-3-4-13-24)18-8-10-19(25)11-9-18/h5-11H,3-4,12-15H2,1-2H3,(H,26,29)(H,27,28). The van der Waals surface area contributed by atoms with Crippen LogP contribution in [0.5, 0.6) is 0 Å². The van der Waals surface area contributed by atoms with Crippen LogP contribution in [0.3, 0.4) is 0 Å². The second kappa shape index (κ2) is 9.73. The van der Waals surface area contributed by atoms with Gasteiger partial charge in [-0.05, 0) is 55.5 Å². The molecule has 2 aromatic rings. The molecule has 31 heavy (non-hydrogen) atoms. The van der Waals surface area contributed by atoms with Gasteiger partial charge in [-0.25, -0.2) is 4.39 Å². The molecule has 0 spiro atoms. The second-order valence-corrected chi connectivity index (χ2v) is 7.96. The van der Waals surface area contributed by atoms with Crippen molar-refractivity contribution in [3.8, 4) is 0 Å². The van der Waals surface area contributed by atoms with E-state index in [1.165, 1.54) is 12.1 Å². The van der Waals surface area contributed by atoms with E-state index in [-0.39, 0.29) is 18.3 Å². The van der Waals surface area contributed by atoms with Crippen molar-refractivity contribution < 1.29 is 23.5 Å². The molecule has 2 amide bonds. The quantitative estimate of drug-likeness (QED) is 0.663. The minimum atomic E-state index is -0.853. The number of rotatable bonds is 7. The van der Waals surface area contributed by atoms with Crippen LogP contribution in [0.2, 0.25) is 0 Å². The lowest BCUT2D eigenvalue weighted by Gasteiger charge is -2.27. The van der Waals surface area contributed by atoms with Crippen molar-refractivity contribution in [2.45, 2.75) is 44.9 Å². The van der Waals surface area contributed by atoms with Gasteiger partial charge in [0.2, 0.25) is 5.91 Å². The molecule has 1 saturated carbocycles. The molecule has 0 unspecified atom stereocenters. The van der Waals surface area contributed by atoms with Crippen molar-refractivity contribution in [2.75, 3.05) is 18.5 Å². The zero-order valence-electron chi connectivity index (χ0n) is 17.8. The first-order valence-corrected chi connectivity index (χ1v) is 10.4. The van der Waals surface area contributed by atoms with Gasteiger partial charge in [0.15, 0.2) is 6.61 Å². The topological polar surface area (TPSA) is 84.5 Å². The molecule has 1 aliphatic rings. The highest BCUT2D eigenvalue weighted by atomic mass is 19.1. The number of hydrogen-bond acceptors (Lipinski definition) is 4. The first-order valence-electron chi connectivity index (χ1n) is 10.4. The van der Waals surface area contributed by atoms with Crippen molar-refractivity contribution in [1.82, 2.24) is 5.32 Å². The highest BCUT2D eigenvalue weighted by Crippen LogP contribution is 2.42. The maximum atomic E-state index is 13.3. The Hall–Kier alpha value is -3.22. The number of hydrogen-bond donors (Lipinski definition) is 2. The lowest BCUT2D eigenvalue weighted by Crippen LogP contribution is -2.39. The van der Waals surface area contributed by atoms with Crippen LogP contribution in [0.4, 0.5) is 10.1 Å². The molecule has 1 aliphatic carbocycles. The number of carbonyl (C=O) groups is 3. The molecule has 0 bridgehead atoms. The van der Waals surface area contributed by atoms with Crippen molar-refractivity contribution >= 4 is 23.5 Å². The predicted molar refractivity (Wildman–Crippen MR) is 115 cm³/mol. The van der Waals surface area contributed by atoms with E-state index in [9.17, 15) is 18.8 Å². The van der Waals surface area contributed by atoms with Crippen LogP contribution in [0, 0.1) is 19.7 Å². The average molecular weight is 426 g/mol. The van der Waals surface area contributed by atoms with E-state index in [0.717, 1.165) is 29.7 Å². The highest BCUT2D eigenvalue weighted by Gasteiger charge is 2.44. The maximum absolute atomic E-state index is 13.3. The number of para-hydroxylation sites is 1. The molecule has 0 saturated heterocycles. The second-order valence-electron chi connectivity index (χ2n) is 7.96. The molecular formula is C24H27FN2O4. The number of anilines is 1. The first-order chi connectivity index (χ1) is 14.8. The Bertz CT molecular complexity index is 946. The van der Waals surface area contributed by atoms with Gasteiger partial charge in [-0.15, -0.1) is 0 Å². The van der Waals surface area contributed by atoms with E-state index in [1.807, 2.05) is 32.0 Å². The number of esters is 1. The monoisotopic (exact) mass is 426 g/mol. The third-order valence-electron chi connectivity index (χ3n) is 5.77. The van der Waals surface area contributed by atoms with Crippen LogP contribution in [-0.4, -0.2) is 30.9 Å². The summed E-state index contributed by atoms with van der Waals surface area (Å²) in [4.78, 5) is 37.1. The molecule has 6 nitrogen and oxygen atoms in total. The SMILES string of the molecule is Cc1cccc(C)c1NC(=O)CNC(=O)COC(=O)C1(c2ccc(F)cc2)CCCC1. The molecule has 2 N–H and O–H groups in total. The summed E-state index contributed by atoms with van der Waals surface area (Å²) in [7, 11) is 0. The Morgan fingerprint density at radius 2 is 1.58 bits per heavy atom. The van der Waals surface area contributed by atoms with Gasteiger partial charge in [0.1, 0.15) is 5.82 Å². The van der Waals surface area contributed by atoms with Gasteiger partial charge in [0.05, 0.1) is 12.0 Å². The number of carbonyl (C=O) groups excluding carboxylic acids is 3. The molecule has 3 rings (SSSR count). The van der Waals surface area contributed by atoms with Gasteiger partial charge < -0.3 is 15.4 Å². The van der Waals surface area contributed by atoms with Crippen molar-refractivity contribution in [2.24, 2.45) is 0 Å². The third kappa shape index (κ3) is 5.29. The smallest absolute Gasteiger partial charge is 0.317 e. The number of halogens is 1. The summed E-state index contributed by atoms with van der Waals surface area (Å²) >= 11 is 0. The van der Waals surface area contributed by atoms with Gasteiger partial charge in [0, 0.05) is 5.69 Å². The van der Waals surface area contributed by atoms with Crippen LogP contribution in [0.1, 0.15) is 42.4 Å². The maximum Gasteiger partial charge on any atom is 0.317 e. The summed E-state index contributed by atoms with van der Waals surface area (Å²) in [5.74, 6) is -1.79. The summed E-state index contributed by atoms with van der Waals surface area (Å²) in [5, 5.41) is 5.25. The van der Waals surface area contributed by atoms with Crippen LogP contribution in [0.15, 0.2) is 42.5 Å². The molecule has 0 aromatic heterocycles. The van der Waals surface area contributed by atoms with Crippen molar-refractivity contribution in [1.29, 1.82) is 0 Å². The molecule has 0 aliphatic heterocycles. The van der Waals surface area contributed by atoms with Crippen LogP contribution < -0.4 is 10.6 Å². The molecule has 0 radical (unpaired) electrons. The Labute approximate surface area is 181 Å². The predicted octanol–water partition coefficient (Wildman–Crippen LogP) is 3.55.